The van der Waals surface area contributed by atoms with Gasteiger partial charge >= 0.3 is 0 Å². The minimum absolute atomic E-state index is 0.604. The molecule has 0 spiro atoms. The van der Waals surface area contributed by atoms with Crippen molar-refractivity contribution in [3.63, 3.8) is 0 Å². The topological polar surface area (TPSA) is 30.7 Å². The number of fused-ring (bicyclic) bond motifs is 1. The van der Waals surface area contributed by atoms with E-state index in [1.165, 1.54) is 3.57 Å². The van der Waals surface area contributed by atoms with Gasteiger partial charge in [0, 0.05) is 21.9 Å². The third-order valence-corrected chi connectivity index (χ3v) is 10.4. The standard InChI is InChI=1S/C16H26IN3S.C2H6/c1-10(2)21(11(3)4,12(5)6)20-9-14(17)15-16(20)18-8-13(7)19-15;1-2/h8-12H,1-7H3;1-2H3. The van der Waals surface area contributed by atoms with Crippen molar-refractivity contribution >= 4 is 44.0 Å². The van der Waals surface area contributed by atoms with Crippen LogP contribution in [0.15, 0.2) is 12.4 Å². The number of aromatic nitrogens is 3. The van der Waals surface area contributed by atoms with Crippen molar-refractivity contribution in [2.24, 2.45) is 0 Å². The van der Waals surface area contributed by atoms with E-state index in [4.69, 9.17) is 9.97 Å². The van der Waals surface area contributed by atoms with Gasteiger partial charge < -0.3 is 0 Å². The molecule has 23 heavy (non-hydrogen) atoms. The summed E-state index contributed by atoms with van der Waals surface area (Å²) >= 11 is 2.40. The molecule has 0 amide bonds. The van der Waals surface area contributed by atoms with Crippen molar-refractivity contribution in [3.8, 4) is 0 Å². The second-order valence-corrected chi connectivity index (χ2v) is 12.2. The van der Waals surface area contributed by atoms with Crippen molar-refractivity contribution < 1.29 is 0 Å². The molecule has 3 nitrogen and oxygen atoms in total. The summed E-state index contributed by atoms with van der Waals surface area (Å²) in [6.45, 7) is 20.1. The zero-order valence-corrected chi connectivity index (χ0v) is 19.0. The average Bonchev–Trinajstić information content (AvgIpc) is 2.77. The normalized spacial score (nSPS) is 12.9. The molecule has 2 aromatic rings. The predicted molar refractivity (Wildman–Crippen MR) is 115 cm³/mol. The van der Waals surface area contributed by atoms with Gasteiger partial charge in [0.25, 0.3) is 0 Å². The van der Waals surface area contributed by atoms with E-state index < -0.39 is 10.2 Å². The Morgan fingerprint density at radius 3 is 1.91 bits per heavy atom. The van der Waals surface area contributed by atoms with Crippen LogP contribution in [0, 0.1) is 10.5 Å². The van der Waals surface area contributed by atoms with Crippen molar-refractivity contribution in [1.29, 1.82) is 0 Å². The van der Waals surface area contributed by atoms with Gasteiger partial charge in [-0.25, -0.2) is 9.97 Å². The lowest BCUT2D eigenvalue weighted by molar-refractivity contribution is 0.911. The summed E-state index contributed by atoms with van der Waals surface area (Å²) in [4.78, 5) is 9.44. The van der Waals surface area contributed by atoms with Crippen molar-refractivity contribution in [2.75, 3.05) is 0 Å². The molecule has 132 valence electrons. The summed E-state index contributed by atoms with van der Waals surface area (Å²) in [5.41, 5.74) is 3.09. The van der Waals surface area contributed by atoms with Gasteiger partial charge in [0.2, 0.25) is 0 Å². The van der Waals surface area contributed by atoms with Crippen molar-refractivity contribution in [2.45, 2.75) is 78.1 Å². The Morgan fingerprint density at radius 1 is 1.00 bits per heavy atom. The van der Waals surface area contributed by atoms with E-state index >= 15 is 0 Å². The van der Waals surface area contributed by atoms with Gasteiger partial charge in [0.15, 0.2) is 5.65 Å². The highest BCUT2D eigenvalue weighted by Gasteiger charge is 2.38. The van der Waals surface area contributed by atoms with Crippen LogP contribution in [0.4, 0.5) is 0 Å². The van der Waals surface area contributed by atoms with Gasteiger partial charge in [0.05, 0.1) is 15.5 Å². The summed E-state index contributed by atoms with van der Waals surface area (Å²) in [6, 6.07) is 0. The Morgan fingerprint density at radius 2 is 1.48 bits per heavy atom. The van der Waals surface area contributed by atoms with E-state index in [-0.39, 0.29) is 0 Å². The number of hydrogen-bond donors (Lipinski definition) is 0. The molecular weight excluding hydrogens is 417 g/mol. The maximum Gasteiger partial charge on any atom is 0.168 e. The lowest BCUT2D eigenvalue weighted by atomic mass is 10.4. The molecule has 0 bridgehead atoms. The molecule has 0 saturated carbocycles. The second-order valence-electron chi connectivity index (χ2n) is 6.36. The lowest BCUT2D eigenvalue weighted by Gasteiger charge is -2.52. The van der Waals surface area contributed by atoms with Gasteiger partial charge in [0.1, 0.15) is 5.52 Å². The van der Waals surface area contributed by atoms with Crippen LogP contribution in [-0.2, 0) is 0 Å². The van der Waals surface area contributed by atoms with E-state index in [0.29, 0.717) is 15.7 Å². The monoisotopic (exact) mass is 449 g/mol. The van der Waals surface area contributed by atoms with E-state index in [0.717, 1.165) is 16.9 Å². The molecule has 0 fully saturated rings. The molecule has 0 radical (unpaired) electrons. The van der Waals surface area contributed by atoms with Crippen LogP contribution < -0.4 is 0 Å². The van der Waals surface area contributed by atoms with Gasteiger partial charge in [-0.1, -0.05) is 55.4 Å². The molecule has 0 N–H and O–H groups in total. The third-order valence-electron chi connectivity index (χ3n) is 4.15. The lowest BCUT2D eigenvalue weighted by Crippen LogP contribution is -2.34. The third kappa shape index (κ3) is 3.55. The number of rotatable bonds is 4. The Bertz CT molecular complexity index is 625. The molecular formula is C18H32IN3S. The van der Waals surface area contributed by atoms with Crippen LogP contribution in [0.1, 0.15) is 61.1 Å². The summed E-state index contributed by atoms with van der Waals surface area (Å²) in [6.07, 6.45) is 4.17. The Kier molecular flexibility index (Phi) is 7.38. The van der Waals surface area contributed by atoms with Crippen LogP contribution >= 0.6 is 32.8 Å². The number of halogens is 1. The molecule has 0 unspecified atom stereocenters. The SMILES string of the molecule is CC.Cc1cnc2c(n1)c(I)cn2S(C(C)C)(C(C)C)C(C)C. The summed E-state index contributed by atoms with van der Waals surface area (Å²) in [5.74, 6) is 0. The fraction of sp³-hybridized carbons (Fsp3) is 0.667. The van der Waals surface area contributed by atoms with Crippen LogP contribution in [0.3, 0.4) is 0 Å². The van der Waals surface area contributed by atoms with E-state index in [1.807, 2.05) is 27.0 Å². The van der Waals surface area contributed by atoms with E-state index in [1.54, 1.807) is 0 Å². The van der Waals surface area contributed by atoms with Crippen molar-refractivity contribution in [1.82, 2.24) is 13.9 Å². The molecule has 2 rings (SSSR count). The Balaban J connectivity index is 0.00000127. The number of aryl methyl sites for hydroxylation is 1. The summed E-state index contributed by atoms with van der Waals surface area (Å²) in [7, 11) is -1.03. The fourth-order valence-corrected chi connectivity index (χ4v) is 9.75. The molecule has 0 saturated heterocycles. The first-order valence-electron chi connectivity index (χ1n) is 8.53. The zero-order valence-electron chi connectivity index (χ0n) is 16.0. The first-order chi connectivity index (χ1) is 10.7. The van der Waals surface area contributed by atoms with Crippen LogP contribution in [0.2, 0.25) is 0 Å². The molecule has 2 heterocycles. The zero-order chi connectivity index (χ0) is 17.9. The highest BCUT2D eigenvalue weighted by Crippen LogP contribution is 2.62. The van der Waals surface area contributed by atoms with Crippen LogP contribution in [0.5, 0.6) is 0 Å². The van der Waals surface area contributed by atoms with Gasteiger partial charge in [-0.2, -0.15) is 10.2 Å². The average molecular weight is 449 g/mol. The van der Waals surface area contributed by atoms with E-state index in [9.17, 15) is 0 Å². The first-order valence-corrected chi connectivity index (χ1v) is 11.4. The molecule has 0 atom stereocenters. The second kappa shape index (κ2) is 8.19. The highest BCUT2D eigenvalue weighted by atomic mass is 127. The Hall–Kier alpha value is -0.300. The highest BCUT2D eigenvalue weighted by molar-refractivity contribution is 14.1. The molecule has 0 aliphatic carbocycles. The molecule has 0 aliphatic rings. The first kappa shape index (κ1) is 20.7. The van der Waals surface area contributed by atoms with Gasteiger partial charge in [-0.05, 0) is 29.5 Å². The fourth-order valence-electron chi connectivity index (χ4n) is 3.57. The van der Waals surface area contributed by atoms with Crippen molar-refractivity contribution in [3.05, 3.63) is 21.7 Å². The molecule has 0 aromatic carbocycles. The van der Waals surface area contributed by atoms with E-state index in [2.05, 4.69) is 74.3 Å². The van der Waals surface area contributed by atoms with Gasteiger partial charge in [-0.3, -0.25) is 3.97 Å². The quantitative estimate of drug-likeness (QED) is 0.523. The predicted octanol–water partition coefficient (Wildman–Crippen LogP) is 6.16. The van der Waals surface area contributed by atoms with Crippen LogP contribution in [-0.4, -0.2) is 29.7 Å². The van der Waals surface area contributed by atoms with Crippen LogP contribution in [0.25, 0.3) is 11.2 Å². The number of nitrogens with zero attached hydrogens (tertiary/aromatic N) is 3. The minimum atomic E-state index is -1.03. The minimum Gasteiger partial charge on any atom is -0.291 e. The smallest absolute Gasteiger partial charge is 0.168 e. The molecule has 0 aliphatic heterocycles. The molecule has 2 aromatic heterocycles. The van der Waals surface area contributed by atoms with Gasteiger partial charge in [-0.15, -0.1) is 0 Å². The maximum atomic E-state index is 4.73. The number of hydrogen-bond acceptors (Lipinski definition) is 2. The summed E-state index contributed by atoms with van der Waals surface area (Å²) < 4.78 is 3.69. The summed E-state index contributed by atoms with van der Waals surface area (Å²) in [5, 5.41) is 1.81. The molecule has 5 heteroatoms. The maximum absolute atomic E-state index is 4.73. The largest absolute Gasteiger partial charge is 0.291 e. The Labute approximate surface area is 157 Å².